The van der Waals surface area contributed by atoms with Crippen molar-refractivity contribution in [2.75, 3.05) is 33.9 Å². The lowest BCUT2D eigenvalue weighted by Crippen LogP contribution is -2.61. The number of Topliss-reactive ketones (excluding diaryl/α,β-unsaturated/α-hetero) is 1. The lowest BCUT2D eigenvalue weighted by molar-refractivity contribution is -0.302. The van der Waals surface area contributed by atoms with Gasteiger partial charge < -0.3 is 43.3 Å². The topological polar surface area (TPSA) is 133 Å². The summed E-state index contributed by atoms with van der Waals surface area (Å²) in [7, 11) is 3.84. The zero-order chi connectivity index (χ0) is 41.1. The second kappa shape index (κ2) is 18.4. The van der Waals surface area contributed by atoms with Crippen molar-refractivity contribution in [3.63, 3.8) is 0 Å². The second-order valence-electron chi connectivity index (χ2n) is 17.7. The van der Waals surface area contributed by atoms with Crippen molar-refractivity contribution in [1.29, 1.82) is 0 Å². The van der Waals surface area contributed by atoms with Gasteiger partial charge in [-0.3, -0.25) is 9.59 Å². The highest BCUT2D eigenvalue weighted by Crippen LogP contribution is 2.44. The monoisotopic (exact) mass is 784 g/mol. The Labute approximate surface area is 334 Å². The van der Waals surface area contributed by atoms with Crippen molar-refractivity contribution < 1.29 is 47.9 Å². The fraction of sp³-hybridized carbons (Fsp3) is 0.750. The molecule has 4 saturated heterocycles. The summed E-state index contributed by atoms with van der Waals surface area (Å²) in [5.41, 5.74) is -0.548. The Morgan fingerprint density at radius 3 is 2.36 bits per heavy atom. The van der Waals surface area contributed by atoms with E-state index in [1.807, 2.05) is 78.7 Å². The number of hydrogen-bond acceptors (Lipinski definition) is 11. The molecule has 314 valence electrons. The summed E-state index contributed by atoms with van der Waals surface area (Å²) in [5, 5.41) is 11.6. The number of unbranched alkanes of at least 4 members (excludes halogenated alkanes) is 1. The van der Waals surface area contributed by atoms with Gasteiger partial charge in [-0.15, -0.1) is 0 Å². The summed E-state index contributed by atoms with van der Waals surface area (Å²) in [5.74, 6) is -3.14. The summed E-state index contributed by atoms with van der Waals surface area (Å²) in [6.45, 7) is 19.9. The number of aliphatic hydroxyl groups is 1. The van der Waals surface area contributed by atoms with Gasteiger partial charge in [0.25, 0.3) is 0 Å². The van der Waals surface area contributed by atoms with Gasteiger partial charge in [-0.25, -0.2) is 4.79 Å². The average Bonchev–Trinajstić information content (AvgIpc) is 3.43. The summed E-state index contributed by atoms with van der Waals surface area (Å²) >= 11 is 0. The number of ether oxygens (including phenoxy) is 6. The van der Waals surface area contributed by atoms with Crippen LogP contribution in [-0.4, -0.2) is 127 Å². The molecule has 2 bridgehead atoms. The predicted molar refractivity (Wildman–Crippen MR) is 212 cm³/mol. The Hall–Kier alpha value is -2.87. The van der Waals surface area contributed by atoms with Gasteiger partial charge in [0.2, 0.25) is 0 Å². The first-order valence-corrected chi connectivity index (χ1v) is 20.8. The molecule has 0 spiro atoms. The third-order valence-electron chi connectivity index (χ3n) is 12.9. The van der Waals surface area contributed by atoms with Gasteiger partial charge in [0.1, 0.15) is 18.0 Å². The Morgan fingerprint density at radius 2 is 1.70 bits per heavy atom. The highest BCUT2D eigenvalue weighted by molar-refractivity contribution is 5.85. The third-order valence-corrected chi connectivity index (χ3v) is 12.9. The fourth-order valence-corrected chi connectivity index (χ4v) is 9.87. The number of ketones is 1. The van der Waals surface area contributed by atoms with Crippen LogP contribution in [0.5, 0.6) is 0 Å². The van der Waals surface area contributed by atoms with Gasteiger partial charge in [-0.05, 0) is 91.5 Å². The molecule has 12 heteroatoms. The van der Waals surface area contributed by atoms with Crippen LogP contribution in [0.3, 0.4) is 0 Å². The van der Waals surface area contributed by atoms with Crippen molar-refractivity contribution in [3.05, 3.63) is 48.0 Å². The molecule has 1 aromatic carbocycles. The normalized spacial score (nSPS) is 40.3. The van der Waals surface area contributed by atoms with Crippen LogP contribution < -0.4 is 0 Å². The van der Waals surface area contributed by atoms with E-state index in [0.717, 1.165) is 12.8 Å². The molecule has 1 aromatic rings. The van der Waals surface area contributed by atoms with Crippen molar-refractivity contribution >= 4 is 17.8 Å². The lowest BCUT2D eigenvalue weighted by Gasteiger charge is -2.48. The zero-order valence-electron chi connectivity index (χ0n) is 35.4. The van der Waals surface area contributed by atoms with E-state index in [0.29, 0.717) is 31.4 Å². The highest BCUT2D eigenvalue weighted by Gasteiger charge is 2.60. The molecule has 5 rings (SSSR count). The number of nitrogens with zero attached hydrogens (tertiary/aromatic N) is 2. The van der Waals surface area contributed by atoms with Crippen molar-refractivity contribution in [2.45, 2.75) is 154 Å². The number of hydrogen-bond donors (Lipinski definition) is 1. The van der Waals surface area contributed by atoms with Crippen LogP contribution in [0, 0.1) is 23.7 Å². The summed E-state index contributed by atoms with van der Waals surface area (Å²) in [6.07, 6.45) is -1.48. The van der Waals surface area contributed by atoms with E-state index in [4.69, 9.17) is 28.4 Å². The van der Waals surface area contributed by atoms with Crippen LogP contribution in [0.4, 0.5) is 4.79 Å². The number of aliphatic hydroxyl groups excluding tert-OH is 1. The minimum Gasteiger partial charge on any atom is -0.458 e. The molecule has 4 heterocycles. The Morgan fingerprint density at radius 1 is 1.00 bits per heavy atom. The Bertz CT molecular complexity index is 1520. The molecular weight excluding hydrogens is 716 g/mol. The first kappa shape index (κ1) is 44.2. The van der Waals surface area contributed by atoms with Crippen LogP contribution in [0.15, 0.2) is 42.5 Å². The van der Waals surface area contributed by atoms with Gasteiger partial charge in [0.15, 0.2) is 11.9 Å². The largest absolute Gasteiger partial charge is 0.458 e. The molecule has 0 saturated carbocycles. The van der Waals surface area contributed by atoms with Crippen LogP contribution in [0.1, 0.15) is 93.1 Å². The minimum absolute atomic E-state index is 0.0709. The first-order chi connectivity index (χ1) is 26.4. The number of fused-ring (bicyclic) bond motifs is 4. The number of aryl methyl sites for hydroxylation is 1. The maximum atomic E-state index is 14.9. The van der Waals surface area contributed by atoms with Crippen LogP contribution >= 0.6 is 0 Å². The second-order valence-corrected chi connectivity index (χ2v) is 17.7. The summed E-state index contributed by atoms with van der Waals surface area (Å²) in [4.78, 5) is 46.8. The summed E-state index contributed by atoms with van der Waals surface area (Å²) in [6, 6.07) is 9.29. The number of cyclic esters (lactones) is 1. The smallest absolute Gasteiger partial charge is 0.410 e. The molecule has 4 aliphatic rings. The Balaban J connectivity index is 1.54. The van der Waals surface area contributed by atoms with E-state index in [1.54, 1.807) is 18.7 Å². The number of carbonyl (C=O) groups excluding carboxylic acids is 3. The molecule has 0 aromatic heterocycles. The van der Waals surface area contributed by atoms with E-state index in [-0.39, 0.29) is 37.6 Å². The molecule has 0 aliphatic carbocycles. The molecule has 1 N–H and O–H groups in total. The predicted octanol–water partition coefficient (Wildman–Crippen LogP) is 5.97. The maximum absolute atomic E-state index is 14.9. The van der Waals surface area contributed by atoms with E-state index >= 15 is 0 Å². The standard InChI is InChI=1S/C44H68N2O10/c1-12-34-44(9)38(46(42(50)56-44)21-17-16-20-32-18-14-13-15-19-32)29(5)35(47)27(3)23-43(8)39(55-41-36(48)33(45(10)11)22-28(4)53-41)30(6)37(31(7)40(49)54-34)51-24-26(2)25-52-43/h13-15,18-19,27-31,33-34,36-39,41,48H,2,12,16-17,20-25H2,1,3-11H3/t27-,28-,29+,30-,31-,33+,34-,36-,37-,38+,39-,41+,43+,44-/m1/s1. The number of likely N-dealkylation sites (N-methyl/N-ethyl adjacent to an activating group) is 1. The number of rotatable bonds is 9. The highest BCUT2D eigenvalue weighted by atomic mass is 16.7. The molecule has 0 radical (unpaired) electrons. The molecule has 0 unspecified atom stereocenters. The minimum atomic E-state index is -1.30. The molecule has 56 heavy (non-hydrogen) atoms. The van der Waals surface area contributed by atoms with Crippen LogP contribution in [0.25, 0.3) is 0 Å². The number of esters is 1. The molecule has 4 fully saturated rings. The SMILES string of the molecule is C=C1CO[C@@H]2[C@@H](C)[C@@H](O[C@@H]3O[C@H](C)C[C@H](N(C)C)[C@H]3O)[C@](C)(C[C@@H](C)C(=O)[C@H](C)[C@@H]3N(CCCCc4ccccc4)C(=O)O[C@]3(C)[C@@H](CC)OC(=O)[C@@H]2C)OC1. The molecule has 14 atom stereocenters. The third kappa shape index (κ3) is 9.37. The lowest BCUT2D eigenvalue weighted by atomic mass is 9.73. The zero-order valence-corrected chi connectivity index (χ0v) is 35.4. The Kier molecular flexibility index (Phi) is 14.5. The van der Waals surface area contributed by atoms with Gasteiger partial charge >= 0.3 is 12.1 Å². The quantitative estimate of drug-likeness (QED) is 0.181. The fourth-order valence-electron chi connectivity index (χ4n) is 9.87. The average molecular weight is 785 g/mol. The summed E-state index contributed by atoms with van der Waals surface area (Å²) < 4.78 is 39.1. The first-order valence-electron chi connectivity index (χ1n) is 20.8. The van der Waals surface area contributed by atoms with Crippen molar-refractivity contribution in [2.24, 2.45) is 23.7 Å². The van der Waals surface area contributed by atoms with E-state index < -0.39 is 83.7 Å². The molecular formula is C44H68N2O10. The van der Waals surface area contributed by atoms with Gasteiger partial charge in [0, 0.05) is 30.3 Å². The molecule has 1 amide bonds. The van der Waals surface area contributed by atoms with Crippen molar-refractivity contribution in [1.82, 2.24) is 9.80 Å². The van der Waals surface area contributed by atoms with Gasteiger partial charge in [-0.2, -0.15) is 0 Å². The van der Waals surface area contributed by atoms with Crippen LogP contribution in [0.2, 0.25) is 0 Å². The van der Waals surface area contributed by atoms with Crippen LogP contribution in [-0.2, 0) is 44.4 Å². The van der Waals surface area contributed by atoms with E-state index in [9.17, 15) is 19.5 Å². The van der Waals surface area contributed by atoms with Crippen molar-refractivity contribution in [3.8, 4) is 0 Å². The van der Waals surface area contributed by atoms with E-state index in [1.165, 1.54) is 5.56 Å². The number of amides is 1. The number of carbonyl (C=O) groups is 3. The maximum Gasteiger partial charge on any atom is 0.410 e. The van der Waals surface area contributed by atoms with Gasteiger partial charge in [0.05, 0.1) is 49.1 Å². The van der Waals surface area contributed by atoms with E-state index in [2.05, 4.69) is 18.7 Å². The number of benzene rings is 1. The van der Waals surface area contributed by atoms with Gasteiger partial charge in [-0.1, -0.05) is 64.6 Å². The molecule has 12 nitrogen and oxygen atoms in total. The molecule has 4 aliphatic heterocycles.